The van der Waals surface area contributed by atoms with Crippen LogP contribution in [0.15, 0.2) is 67.1 Å². The fraction of sp³-hybridized carbons (Fsp3) is 0.120. The SMILES string of the molecule is Cc1ccc(NC(=O)c2cccc(C(F)(F)F)c2)cc1-c1cnc(-c2cnn(C)c2)c(C#N)c1. The lowest BCUT2D eigenvalue weighted by atomic mass is 9.98. The molecule has 0 aliphatic heterocycles. The number of pyridine rings is 1. The average Bonchev–Trinajstić information content (AvgIpc) is 3.25. The van der Waals surface area contributed by atoms with Crippen molar-refractivity contribution in [2.24, 2.45) is 7.05 Å². The fourth-order valence-corrected chi connectivity index (χ4v) is 3.52. The van der Waals surface area contributed by atoms with Crippen LogP contribution in [0.25, 0.3) is 22.4 Å². The summed E-state index contributed by atoms with van der Waals surface area (Å²) in [5.41, 5.74) is 3.24. The average molecular weight is 461 g/mol. The Morgan fingerprint density at radius 1 is 1.09 bits per heavy atom. The predicted octanol–water partition coefficient (Wildman–Crippen LogP) is 5.60. The molecule has 0 spiro atoms. The van der Waals surface area contributed by atoms with Crippen molar-refractivity contribution in [2.75, 3.05) is 5.32 Å². The number of amides is 1. The molecule has 0 unspecified atom stereocenters. The van der Waals surface area contributed by atoms with E-state index in [1.54, 1.807) is 54.6 Å². The van der Waals surface area contributed by atoms with Gasteiger partial charge in [0.25, 0.3) is 5.91 Å². The number of nitrogens with one attached hydrogen (secondary N) is 1. The summed E-state index contributed by atoms with van der Waals surface area (Å²) >= 11 is 0. The molecule has 1 N–H and O–H groups in total. The molecule has 0 radical (unpaired) electrons. The highest BCUT2D eigenvalue weighted by atomic mass is 19.4. The smallest absolute Gasteiger partial charge is 0.322 e. The molecule has 2 aromatic carbocycles. The van der Waals surface area contributed by atoms with Gasteiger partial charge in [0.15, 0.2) is 0 Å². The molecular formula is C25H18F3N5O. The van der Waals surface area contributed by atoms with Gasteiger partial charge in [-0.1, -0.05) is 12.1 Å². The Bertz CT molecular complexity index is 1430. The molecule has 4 rings (SSSR count). The molecule has 9 heteroatoms. The maximum absolute atomic E-state index is 13.0. The van der Waals surface area contributed by atoms with Crippen LogP contribution in [0, 0.1) is 18.3 Å². The van der Waals surface area contributed by atoms with Crippen molar-refractivity contribution < 1.29 is 18.0 Å². The molecule has 0 aliphatic rings. The molecule has 0 atom stereocenters. The summed E-state index contributed by atoms with van der Waals surface area (Å²) in [7, 11) is 1.77. The Kier molecular flexibility index (Phi) is 5.90. The van der Waals surface area contributed by atoms with E-state index in [1.165, 1.54) is 12.1 Å². The molecule has 0 aliphatic carbocycles. The third-order valence-electron chi connectivity index (χ3n) is 5.24. The number of hydrogen-bond donors (Lipinski definition) is 1. The van der Waals surface area contributed by atoms with Crippen LogP contribution >= 0.6 is 0 Å². The van der Waals surface area contributed by atoms with Gasteiger partial charge in [0, 0.05) is 41.8 Å². The topological polar surface area (TPSA) is 83.6 Å². The van der Waals surface area contributed by atoms with Crippen LogP contribution in [0.5, 0.6) is 0 Å². The van der Waals surface area contributed by atoms with E-state index in [1.807, 2.05) is 6.92 Å². The molecule has 0 saturated heterocycles. The molecule has 1 amide bonds. The number of benzene rings is 2. The summed E-state index contributed by atoms with van der Waals surface area (Å²) in [5, 5.41) is 16.4. The standard InChI is InChI=1S/C25H18F3N5O/c1-15-6-7-21(32-24(34)16-4-3-5-20(9-16)25(26,27)28)10-22(15)18-8-17(11-29)23(30-12-18)19-13-31-33(2)14-19/h3-10,12-14H,1-2H3,(H,32,34). The highest BCUT2D eigenvalue weighted by molar-refractivity contribution is 6.04. The van der Waals surface area contributed by atoms with Gasteiger partial charge in [0.05, 0.1) is 23.0 Å². The Labute approximate surface area is 193 Å². The van der Waals surface area contributed by atoms with E-state index in [2.05, 4.69) is 21.5 Å². The molecule has 0 fully saturated rings. The molecule has 34 heavy (non-hydrogen) atoms. The predicted molar refractivity (Wildman–Crippen MR) is 121 cm³/mol. The summed E-state index contributed by atoms with van der Waals surface area (Å²) in [6.07, 6.45) is 0.473. The number of carbonyl (C=O) groups excluding carboxylic acids is 1. The van der Waals surface area contributed by atoms with Crippen molar-refractivity contribution in [1.82, 2.24) is 14.8 Å². The van der Waals surface area contributed by atoms with E-state index >= 15 is 0 Å². The number of rotatable bonds is 4. The van der Waals surface area contributed by atoms with Gasteiger partial charge in [0.1, 0.15) is 6.07 Å². The van der Waals surface area contributed by atoms with Crippen molar-refractivity contribution in [2.45, 2.75) is 13.1 Å². The normalized spacial score (nSPS) is 11.2. The number of anilines is 1. The zero-order valence-electron chi connectivity index (χ0n) is 18.2. The summed E-state index contributed by atoms with van der Waals surface area (Å²) in [4.78, 5) is 17.0. The Balaban J connectivity index is 1.64. The number of alkyl halides is 3. The summed E-state index contributed by atoms with van der Waals surface area (Å²) in [6, 6.07) is 13.2. The van der Waals surface area contributed by atoms with Crippen molar-refractivity contribution >= 4 is 11.6 Å². The monoisotopic (exact) mass is 461 g/mol. The number of hydrogen-bond acceptors (Lipinski definition) is 4. The largest absolute Gasteiger partial charge is 0.416 e. The van der Waals surface area contributed by atoms with Crippen LogP contribution in [0.2, 0.25) is 0 Å². The molecule has 2 heterocycles. The first-order valence-electron chi connectivity index (χ1n) is 10.1. The van der Waals surface area contributed by atoms with Crippen molar-refractivity contribution in [1.29, 1.82) is 5.26 Å². The summed E-state index contributed by atoms with van der Waals surface area (Å²) < 4.78 is 40.6. The Morgan fingerprint density at radius 3 is 2.56 bits per heavy atom. The van der Waals surface area contributed by atoms with E-state index in [0.29, 0.717) is 28.1 Å². The number of nitrogens with zero attached hydrogens (tertiary/aromatic N) is 4. The molecule has 2 aromatic heterocycles. The number of halogens is 3. The van der Waals surface area contributed by atoms with Crippen molar-refractivity contribution in [3.05, 3.63) is 89.4 Å². The first-order valence-corrected chi connectivity index (χ1v) is 10.1. The minimum Gasteiger partial charge on any atom is -0.322 e. The molecule has 0 bridgehead atoms. The first kappa shape index (κ1) is 22.7. The second-order valence-corrected chi connectivity index (χ2v) is 7.70. The minimum atomic E-state index is -4.54. The third-order valence-corrected chi connectivity index (χ3v) is 5.24. The molecule has 4 aromatic rings. The number of aromatic nitrogens is 3. The van der Waals surface area contributed by atoms with E-state index in [9.17, 15) is 23.2 Å². The maximum Gasteiger partial charge on any atom is 0.416 e. The highest BCUT2D eigenvalue weighted by Crippen LogP contribution is 2.31. The van der Waals surface area contributed by atoms with Crippen molar-refractivity contribution in [3.63, 3.8) is 0 Å². The van der Waals surface area contributed by atoms with Crippen LogP contribution in [0.4, 0.5) is 18.9 Å². The zero-order chi connectivity index (χ0) is 24.5. The van der Waals surface area contributed by atoms with Crippen molar-refractivity contribution in [3.8, 4) is 28.5 Å². The van der Waals surface area contributed by atoms with Gasteiger partial charge in [-0.15, -0.1) is 0 Å². The van der Waals surface area contributed by atoms with Gasteiger partial charge in [-0.3, -0.25) is 14.5 Å². The van der Waals surface area contributed by atoms with E-state index in [4.69, 9.17) is 0 Å². The van der Waals surface area contributed by atoms with Gasteiger partial charge < -0.3 is 5.32 Å². The zero-order valence-corrected chi connectivity index (χ0v) is 18.2. The van der Waals surface area contributed by atoms with Gasteiger partial charge in [-0.05, 0) is 54.4 Å². The lowest BCUT2D eigenvalue weighted by Crippen LogP contribution is -2.14. The fourth-order valence-electron chi connectivity index (χ4n) is 3.52. The number of nitriles is 1. The third kappa shape index (κ3) is 4.66. The minimum absolute atomic E-state index is 0.105. The lowest BCUT2D eigenvalue weighted by Gasteiger charge is -2.12. The van der Waals surface area contributed by atoms with E-state index < -0.39 is 17.6 Å². The molecule has 170 valence electrons. The number of aryl methyl sites for hydroxylation is 2. The maximum atomic E-state index is 13.0. The van der Waals surface area contributed by atoms with Gasteiger partial charge in [-0.2, -0.15) is 23.5 Å². The van der Waals surface area contributed by atoms with Gasteiger partial charge in [-0.25, -0.2) is 0 Å². The Hall–Kier alpha value is -4.45. The van der Waals surface area contributed by atoms with E-state index in [0.717, 1.165) is 23.3 Å². The quantitative estimate of drug-likeness (QED) is 0.429. The first-order chi connectivity index (χ1) is 16.2. The molecule has 0 saturated carbocycles. The highest BCUT2D eigenvalue weighted by Gasteiger charge is 2.30. The van der Waals surface area contributed by atoms with Crippen LogP contribution < -0.4 is 5.32 Å². The second-order valence-electron chi connectivity index (χ2n) is 7.70. The number of carbonyl (C=O) groups is 1. The summed E-state index contributed by atoms with van der Waals surface area (Å²) in [5.74, 6) is -0.663. The van der Waals surface area contributed by atoms with E-state index in [-0.39, 0.29) is 5.56 Å². The van der Waals surface area contributed by atoms with Gasteiger partial charge in [0.2, 0.25) is 0 Å². The van der Waals surface area contributed by atoms with Gasteiger partial charge >= 0.3 is 6.18 Å². The summed E-state index contributed by atoms with van der Waals surface area (Å²) in [6.45, 7) is 1.87. The molecular weight excluding hydrogens is 443 g/mol. The molecule has 6 nitrogen and oxygen atoms in total. The van der Waals surface area contributed by atoms with Crippen LogP contribution in [0.3, 0.4) is 0 Å². The Morgan fingerprint density at radius 2 is 1.88 bits per heavy atom. The lowest BCUT2D eigenvalue weighted by molar-refractivity contribution is -0.137. The second kappa shape index (κ2) is 8.83. The van der Waals surface area contributed by atoms with Crippen LogP contribution in [0.1, 0.15) is 27.0 Å². The van der Waals surface area contributed by atoms with Crippen LogP contribution in [-0.4, -0.2) is 20.7 Å². The van der Waals surface area contributed by atoms with Crippen LogP contribution in [-0.2, 0) is 13.2 Å².